The zero-order valence-corrected chi connectivity index (χ0v) is 14.5. The molecule has 0 radical (unpaired) electrons. The molecule has 4 nitrogen and oxygen atoms in total. The van der Waals surface area contributed by atoms with Crippen LogP contribution >= 0.6 is 0 Å². The zero-order chi connectivity index (χ0) is 18.6. The van der Waals surface area contributed by atoms with Crippen LogP contribution in [-0.2, 0) is 10.2 Å². The van der Waals surface area contributed by atoms with Gasteiger partial charge in [0, 0.05) is 0 Å². The molecule has 2 atom stereocenters. The highest BCUT2D eigenvalue weighted by Crippen LogP contribution is 2.25. The summed E-state index contributed by atoms with van der Waals surface area (Å²) in [6, 6.07) is 13.9. The monoisotopic (exact) mass is 340 g/mol. The summed E-state index contributed by atoms with van der Waals surface area (Å²) in [5.41, 5.74) is 0.854. The molecule has 0 aromatic heterocycles. The second-order valence-corrected chi connectivity index (χ2v) is 6.58. The van der Waals surface area contributed by atoms with Crippen LogP contribution in [0, 0.1) is 17.1 Å². The summed E-state index contributed by atoms with van der Waals surface area (Å²) in [6.07, 6.45) is -0.953. The lowest BCUT2D eigenvalue weighted by Gasteiger charge is -2.28. The van der Waals surface area contributed by atoms with E-state index >= 15 is 0 Å². The van der Waals surface area contributed by atoms with Gasteiger partial charge in [0.2, 0.25) is 5.91 Å². The third kappa shape index (κ3) is 4.23. The fourth-order valence-electron chi connectivity index (χ4n) is 2.52. The molecule has 0 saturated carbocycles. The molecule has 2 rings (SSSR count). The van der Waals surface area contributed by atoms with Crippen LogP contribution in [0.25, 0.3) is 0 Å². The average molecular weight is 340 g/mol. The van der Waals surface area contributed by atoms with Gasteiger partial charge >= 0.3 is 0 Å². The van der Waals surface area contributed by atoms with E-state index in [-0.39, 0.29) is 11.7 Å². The molecular weight excluding hydrogens is 319 g/mol. The summed E-state index contributed by atoms with van der Waals surface area (Å²) in [6.45, 7) is 5.21. The molecule has 0 heterocycles. The van der Waals surface area contributed by atoms with Crippen LogP contribution in [-0.4, -0.2) is 17.1 Å². The molecule has 1 amide bonds. The van der Waals surface area contributed by atoms with E-state index in [2.05, 4.69) is 11.4 Å². The zero-order valence-electron chi connectivity index (χ0n) is 14.5. The molecule has 0 aliphatic carbocycles. The summed E-state index contributed by atoms with van der Waals surface area (Å²) in [4.78, 5) is 12.7. The van der Waals surface area contributed by atoms with Crippen LogP contribution < -0.4 is 5.32 Å². The second-order valence-electron chi connectivity index (χ2n) is 6.58. The molecule has 25 heavy (non-hydrogen) atoms. The Bertz CT molecular complexity index is 794. The van der Waals surface area contributed by atoms with Crippen molar-refractivity contribution in [2.24, 2.45) is 0 Å². The Morgan fingerprint density at radius 2 is 1.88 bits per heavy atom. The van der Waals surface area contributed by atoms with Gasteiger partial charge < -0.3 is 10.4 Å². The van der Waals surface area contributed by atoms with Gasteiger partial charge in [-0.3, -0.25) is 4.79 Å². The number of aliphatic hydroxyl groups is 1. The van der Waals surface area contributed by atoms with E-state index in [1.165, 1.54) is 24.3 Å². The number of amides is 1. The summed E-state index contributed by atoms with van der Waals surface area (Å²) in [5.74, 6) is -0.651. The summed E-state index contributed by atoms with van der Waals surface area (Å²) >= 11 is 0. The van der Waals surface area contributed by atoms with Gasteiger partial charge in [-0.15, -0.1) is 0 Å². The molecule has 2 N–H and O–H groups in total. The van der Waals surface area contributed by atoms with Crippen LogP contribution in [0.5, 0.6) is 0 Å². The highest BCUT2D eigenvalue weighted by atomic mass is 19.1. The third-order valence-corrected chi connectivity index (χ3v) is 4.32. The molecular formula is C20H21FN2O2. The van der Waals surface area contributed by atoms with E-state index in [9.17, 15) is 14.3 Å². The number of hydrogen-bond acceptors (Lipinski definition) is 3. The first kappa shape index (κ1) is 18.6. The maximum Gasteiger partial charge on any atom is 0.230 e. The van der Waals surface area contributed by atoms with Crippen molar-refractivity contribution in [3.63, 3.8) is 0 Å². The van der Waals surface area contributed by atoms with Crippen molar-refractivity contribution in [3.05, 3.63) is 71.0 Å². The number of carbonyl (C=O) groups excluding carboxylic acids is 1. The predicted molar refractivity (Wildman–Crippen MR) is 93.1 cm³/mol. The number of nitrogens with one attached hydrogen (secondary N) is 1. The molecule has 2 aromatic rings. The Balaban J connectivity index is 2.13. The molecule has 0 spiro atoms. The smallest absolute Gasteiger partial charge is 0.230 e. The lowest BCUT2D eigenvalue weighted by atomic mass is 9.82. The van der Waals surface area contributed by atoms with Crippen LogP contribution in [0.15, 0.2) is 48.5 Å². The van der Waals surface area contributed by atoms with E-state index in [0.29, 0.717) is 16.7 Å². The minimum absolute atomic E-state index is 0.267. The highest BCUT2D eigenvalue weighted by molar-refractivity contribution is 5.87. The van der Waals surface area contributed by atoms with Gasteiger partial charge in [-0.05, 0) is 56.2 Å². The first-order valence-electron chi connectivity index (χ1n) is 8.01. The third-order valence-electron chi connectivity index (χ3n) is 4.32. The van der Waals surface area contributed by atoms with Crippen LogP contribution in [0.2, 0.25) is 0 Å². The SMILES string of the molecule is CC(NC(=O)C(C)(C)c1cccc(C#N)c1)C(O)c1ccc(F)cc1. The lowest BCUT2D eigenvalue weighted by molar-refractivity contribution is -0.127. The van der Waals surface area contributed by atoms with Gasteiger partial charge in [-0.25, -0.2) is 4.39 Å². The molecule has 2 unspecified atom stereocenters. The Hall–Kier alpha value is -2.71. The Morgan fingerprint density at radius 3 is 2.48 bits per heavy atom. The molecule has 0 aliphatic heterocycles. The fraction of sp³-hybridized carbons (Fsp3) is 0.300. The van der Waals surface area contributed by atoms with E-state index in [1.807, 2.05) is 0 Å². The first-order chi connectivity index (χ1) is 11.8. The number of nitrogens with zero attached hydrogens (tertiary/aromatic N) is 1. The number of rotatable bonds is 5. The molecule has 2 aromatic carbocycles. The predicted octanol–water partition coefficient (Wildman–Crippen LogP) is 3.21. The number of benzene rings is 2. The summed E-state index contributed by atoms with van der Waals surface area (Å²) in [5, 5.41) is 22.2. The van der Waals surface area contributed by atoms with Crippen molar-refractivity contribution in [1.29, 1.82) is 5.26 Å². The lowest BCUT2D eigenvalue weighted by Crippen LogP contribution is -2.46. The Morgan fingerprint density at radius 1 is 1.24 bits per heavy atom. The molecule has 0 aliphatic rings. The fourth-order valence-corrected chi connectivity index (χ4v) is 2.52. The largest absolute Gasteiger partial charge is 0.386 e. The number of hydrogen-bond donors (Lipinski definition) is 2. The van der Waals surface area contributed by atoms with Gasteiger partial charge in [0.1, 0.15) is 5.82 Å². The van der Waals surface area contributed by atoms with Crippen LogP contribution in [0.4, 0.5) is 4.39 Å². The van der Waals surface area contributed by atoms with Gasteiger partial charge in [0.25, 0.3) is 0 Å². The normalized spacial score (nSPS) is 13.6. The van der Waals surface area contributed by atoms with Crippen LogP contribution in [0.3, 0.4) is 0 Å². The molecule has 0 saturated heterocycles. The molecule has 0 bridgehead atoms. The van der Waals surface area contributed by atoms with Crippen molar-refractivity contribution < 1.29 is 14.3 Å². The maximum atomic E-state index is 13.0. The number of carbonyl (C=O) groups is 1. The van der Waals surface area contributed by atoms with Crippen molar-refractivity contribution >= 4 is 5.91 Å². The van der Waals surface area contributed by atoms with Gasteiger partial charge in [0.05, 0.1) is 29.2 Å². The standard InChI is InChI=1S/C20H21FN2O2/c1-13(18(24)15-7-9-17(21)10-8-15)23-19(25)20(2,3)16-6-4-5-14(11-16)12-22/h4-11,13,18,24H,1-3H3,(H,23,25). The molecule has 130 valence electrons. The number of halogens is 1. The van der Waals surface area contributed by atoms with E-state index in [4.69, 9.17) is 5.26 Å². The Kier molecular flexibility index (Phi) is 5.55. The quantitative estimate of drug-likeness (QED) is 0.878. The van der Waals surface area contributed by atoms with Crippen LogP contribution in [0.1, 0.15) is 43.6 Å². The van der Waals surface area contributed by atoms with Crippen molar-refractivity contribution in [2.45, 2.75) is 38.3 Å². The first-order valence-corrected chi connectivity index (χ1v) is 8.01. The topological polar surface area (TPSA) is 73.1 Å². The molecule has 5 heteroatoms. The Labute approximate surface area is 146 Å². The average Bonchev–Trinajstić information content (AvgIpc) is 2.61. The summed E-state index contributed by atoms with van der Waals surface area (Å²) in [7, 11) is 0. The summed E-state index contributed by atoms with van der Waals surface area (Å²) < 4.78 is 13.0. The minimum Gasteiger partial charge on any atom is -0.386 e. The number of nitriles is 1. The van der Waals surface area contributed by atoms with Gasteiger partial charge in [0.15, 0.2) is 0 Å². The van der Waals surface area contributed by atoms with Crippen molar-refractivity contribution in [1.82, 2.24) is 5.32 Å². The minimum atomic E-state index is -0.953. The number of aliphatic hydroxyl groups excluding tert-OH is 1. The van der Waals surface area contributed by atoms with E-state index in [1.54, 1.807) is 45.0 Å². The van der Waals surface area contributed by atoms with Crippen molar-refractivity contribution in [3.8, 4) is 6.07 Å². The van der Waals surface area contributed by atoms with Gasteiger partial charge in [-0.1, -0.05) is 24.3 Å². The molecule has 0 fully saturated rings. The van der Waals surface area contributed by atoms with E-state index in [0.717, 1.165) is 0 Å². The highest BCUT2D eigenvalue weighted by Gasteiger charge is 2.32. The van der Waals surface area contributed by atoms with Crippen molar-refractivity contribution in [2.75, 3.05) is 0 Å². The van der Waals surface area contributed by atoms with Gasteiger partial charge in [-0.2, -0.15) is 5.26 Å². The maximum absolute atomic E-state index is 13.0. The van der Waals surface area contributed by atoms with E-state index < -0.39 is 17.6 Å². The second kappa shape index (κ2) is 7.45.